The molecule has 0 saturated heterocycles. The fourth-order valence-electron chi connectivity index (χ4n) is 2.67. The molecular formula is C24H29F3O6. The van der Waals surface area contributed by atoms with E-state index in [2.05, 4.69) is 4.74 Å². The lowest BCUT2D eigenvalue weighted by molar-refractivity contribution is -0.274. The van der Waals surface area contributed by atoms with Crippen LogP contribution in [0.25, 0.3) is 0 Å². The maximum Gasteiger partial charge on any atom is 0.573 e. The number of methoxy groups -OCH3 is 1. The second kappa shape index (κ2) is 12.1. The Morgan fingerprint density at radius 3 is 2.00 bits per heavy atom. The first-order chi connectivity index (χ1) is 15.4. The van der Waals surface area contributed by atoms with Crippen molar-refractivity contribution in [3.8, 4) is 17.2 Å². The van der Waals surface area contributed by atoms with Crippen LogP contribution in [-0.4, -0.2) is 31.0 Å². The van der Waals surface area contributed by atoms with Crippen molar-refractivity contribution in [3.05, 3.63) is 53.6 Å². The number of esters is 2. The first-order valence-corrected chi connectivity index (χ1v) is 10.3. The van der Waals surface area contributed by atoms with Crippen LogP contribution >= 0.6 is 0 Å². The number of ether oxygens (including phenoxy) is 4. The van der Waals surface area contributed by atoms with Crippen molar-refractivity contribution < 1.29 is 41.7 Å². The molecule has 0 heterocycles. The lowest BCUT2D eigenvalue weighted by Crippen LogP contribution is -2.24. The third kappa shape index (κ3) is 9.84. The number of aryl methyl sites for hydroxylation is 1. The van der Waals surface area contributed by atoms with Crippen LogP contribution in [-0.2, 0) is 20.7 Å². The Morgan fingerprint density at radius 2 is 1.48 bits per heavy atom. The molecule has 6 nitrogen and oxygen atoms in total. The molecule has 0 bridgehead atoms. The Kier molecular flexibility index (Phi) is 10.2. The van der Waals surface area contributed by atoms with E-state index in [1.54, 1.807) is 32.9 Å². The number of carbonyl (C=O) groups is 2. The van der Waals surface area contributed by atoms with Gasteiger partial charge in [-0.05, 0) is 63.1 Å². The van der Waals surface area contributed by atoms with E-state index in [4.69, 9.17) is 14.2 Å². The molecular weight excluding hydrogens is 441 g/mol. The van der Waals surface area contributed by atoms with Crippen LogP contribution in [0.15, 0.2) is 42.5 Å². The van der Waals surface area contributed by atoms with E-state index in [0.717, 1.165) is 12.1 Å². The summed E-state index contributed by atoms with van der Waals surface area (Å²) >= 11 is 0. The number of rotatable bonds is 7. The van der Waals surface area contributed by atoms with Gasteiger partial charge < -0.3 is 18.9 Å². The van der Waals surface area contributed by atoms with Crippen molar-refractivity contribution in [2.24, 2.45) is 0 Å². The zero-order chi connectivity index (χ0) is 25.2. The molecule has 0 aromatic heterocycles. The molecule has 0 atom stereocenters. The summed E-state index contributed by atoms with van der Waals surface area (Å²) in [5.74, 6) is -1.18. The van der Waals surface area contributed by atoms with E-state index in [0.29, 0.717) is 5.56 Å². The van der Waals surface area contributed by atoms with Crippen LogP contribution in [0.1, 0.15) is 57.0 Å². The second-order valence-corrected chi connectivity index (χ2v) is 7.49. The summed E-state index contributed by atoms with van der Waals surface area (Å²) in [6, 6.07) is 9.53. The van der Waals surface area contributed by atoms with Crippen LogP contribution < -0.4 is 9.47 Å². The van der Waals surface area contributed by atoms with Gasteiger partial charge in [-0.15, -0.1) is 13.2 Å². The Bertz CT molecular complexity index is 915. The van der Waals surface area contributed by atoms with Crippen molar-refractivity contribution >= 4 is 11.9 Å². The SMILES string of the molecule is CC.COC(=O)c1c(CCC(=O)OC(C)(C)C)cccc1Oc1ccc(OC(F)(F)F)cc1. The van der Waals surface area contributed by atoms with Gasteiger partial charge in [0.1, 0.15) is 28.4 Å². The summed E-state index contributed by atoms with van der Waals surface area (Å²) in [5.41, 5.74) is -0.00807. The first kappa shape index (κ1) is 27.8. The van der Waals surface area contributed by atoms with Gasteiger partial charge in [0, 0.05) is 6.42 Å². The fraction of sp³-hybridized carbons (Fsp3) is 0.417. The van der Waals surface area contributed by atoms with Crippen LogP contribution in [0.3, 0.4) is 0 Å². The second-order valence-electron chi connectivity index (χ2n) is 7.49. The van der Waals surface area contributed by atoms with Gasteiger partial charge in [-0.1, -0.05) is 26.0 Å². The largest absolute Gasteiger partial charge is 0.573 e. The Balaban J connectivity index is 0.00000265. The van der Waals surface area contributed by atoms with E-state index >= 15 is 0 Å². The third-order valence-corrected chi connectivity index (χ3v) is 3.81. The predicted molar refractivity (Wildman–Crippen MR) is 116 cm³/mol. The predicted octanol–water partition coefficient (Wildman–Crippen LogP) is 6.46. The average Bonchev–Trinajstić information content (AvgIpc) is 2.72. The van der Waals surface area contributed by atoms with Gasteiger partial charge in [0.15, 0.2) is 0 Å². The maximum atomic E-state index is 12.4. The zero-order valence-corrected chi connectivity index (χ0v) is 19.5. The molecule has 0 radical (unpaired) electrons. The van der Waals surface area contributed by atoms with Gasteiger partial charge in [0.05, 0.1) is 7.11 Å². The lowest BCUT2D eigenvalue weighted by Gasteiger charge is -2.20. The summed E-state index contributed by atoms with van der Waals surface area (Å²) in [4.78, 5) is 24.4. The molecule has 0 aliphatic heterocycles. The normalized spacial score (nSPS) is 11.1. The molecule has 0 fully saturated rings. The number of carbonyl (C=O) groups excluding carboxylic acids is 2. The minimum Gasteiger partial charge on any atom is -0.465 e. The minimum absolute atomic E-state index is 0.0359. The van der Waals surface area contributed by atoms with Gasteiger partial charge in [-0.2, -0.15) is 0 Å². The molecule has 0 saturated carbocycles. The molecule has 9 heteroatoms. The van der Waals surface area contributed by atoms with Crippen LogP contribution in [0.2, 0.25) is 0 Å². The molecule has 0 spiro atoms. The van der Waals surface area contributed by atoms with Crippen LogP contribution in [0.4, 0.5) is 13.2 Å². The highest BCUT2D eigenvalue weighted by Crippen LogP contribution is 2.31. The number of benzene rings is 2. The Morgan fingerprint density at radius 1 is 0.909 bits per heavy atom. The van der Waals surface area contributed by atoms with E-state index in [9.17, 15) is 22.8 Å². The van der Waals surface area contributed by atoms with Crippen LogP contribution in [0, 0.1) is 0 Å². The lowest BCUT2D eigenvalue weighted by atomic mass is 10.0. The zero-order valence-electron chi connectivity index (χ0n) is 19.5. The van der Waals surface area contributed by atoms with Crippen molar-refractivity contribution in [2.45, 2.75) is 59.4 Å². The molecule has 0 unspecified atom stereocenters. The maximum absolute atomic E-state index is 12.4. The Hall–Kier alpha value is -3.23. The summed E-state index contributed by atoms with van der Waals surface area (Å²) in [6.45, 7) is 9.26. The molecule has 0 amide bonds. The molecule has 2 aromatic carbocycles. The van der Waals surface area contributed by atoms with Gasteiger partial charge >= 0.3 is 18.3 Å². The van der Waals surface area contributed by atoms with Crippen LogP contribution in [0.5, 0.6) is 17.2 Å². The van der Waals surface area contributed by atoms with Gasteiger partial charge in [0.25, 0.3) is 0 Å². The highest BCUT2D eigenvalue weighted by molar-refractivity contribution is 5.94. The molecule has 0 aliphatic carbocycles. The minimum atomic E-state index is -4.80. The van der Waals surface area contributed by atoms with Crippen molar-refractivity contribution in [2.75, 3.05) is 7.11 Å². The number of hydrogen-bond donors (Lipinski definition) is 0. The Labute approximate surface area is 191 Å². The molecule has 0 aliphatic rings. The molecule has 2 aromatic rings. The number of halogens is 3. The van der Waals surface area contributed by atoms with Gasteiger partial charge in [-0.25, -0.2) is 4.79 Å². The number of hydrogen-bond acceptors (Lipinski definition) is 6. The highest BCUT2D eigenvalue weighted by atomic mass is 19.4. The summed E-state index contributed by atoms with van der Waals surface area (Å²) < 4.78 is 56.5. The van der Waals surface area contributed by atoms with E-state index < -0.39 is 29.7 Å². The van der Waals surface area contributed by atoms with E-state index in [-0.39, 0.29) is 29.9 Å². The quantitative estimate of drug-likeness (QED) is 0.432. The number of alkyl halides is 3. The summed E-state index contributed by atoms with van der Waals surface area (Å²) in [6.07, 6.45) is -4.56. The average molecular weight is 470 g/mol. The van der Waals surface area contributed by atoms with Gasteiger partial charge in [0.2, 0.25) is 0 Å². The van der Waals surface area contributed by atoms with Gasteiger partial charge in [-0.3, -0.25) is 4.79 Å². The molecule has 182 valence electrons. The molecule has 33 heavy (non-hydrogen) atoms. The van der Waals surface area contributed by atoms with E-state index in [1.807, 2.05) is 13.8 Å². The monoisotopic (exact) mass is 470 g/mol. The smallest absolute Gasteiger partial charge is 0.465 e. The molecule has 0 N–H and O–H groups in total. The fourth-order valence-corrected chi connectivity index (χ4v) is 2.67. The van der Waals surface area contributed by atoms with Crippen molar-refractivity contribution in [1.29, 1.82) is 0 Å². The van der Waals surface area contributed by atoms with E-state index in [1.165, 1.54) is 25.3 Å². The third-order valence-electron chi connectivity index (χ3n) is 3.81. The topological polar surface area (TPSA) is 71.1 Å². The molecule has 2 rings (SSSR count). The highest BCUT2D eigenvalue weighted by Gasteiger charge is 2.31. The summed E-state index contributed by atoms with van der Waals surface area (Å²) in [5, 5.41) is 0. The first-order valence-electron chi connectivity index (χ1n) is 10.3. The van der Waals surface area contributed by atoms with Crippen molar-refractivity contribution in [3.63, 3.8) is 0 Å². The summed E-state index contributed by atoms with van der Waals surface area (Å²) in [7, 11) is 1.21. The van der Waals surface area contributed by atoms with Crippen molar-refractivity contribution in [1.82, 2.24) is 0 Å². The standard InChI is InChI=1S/C22H23F3O6.C2H6/c1-21(2,3)31-18(26)13-8-14-6-5-7-17(19(14)20(27)28-4)29-15-9-11-16(12-10-15)30-22(23,24)25;1-2/h5-7,9-12H,8,13H2,1-4H3;1-2H3.